The van der Waals surface area contributed by atoms with Crippen LogP contribution in [0, 0.1) is 0 Å². The van der Waals surface area contributed by atoms with Crippen molar-refractivity contribution in [1.29, 1.82) is 0 Å². The van der Waals surface area contributed by atoms with Crippen LogP contribution in [0.2, 0.25) is 0 Å². The summed E-state index contributed by atoms with van der Waals surface area (Å²) >= 11 is 0. The van der Waals surface area contributed by atoms with Crippen LogP contribution >= 0.6 is 0 Å². The molecule has 0 atom stereocenters. The van der Waals surface area contributed by atoms with Crippen LogP contribution in [0.25, 0.3) is 0 Å². The number of carbonyl (C=O) groups is 3. The molecule has 3 rings (SSSR count). The van der Waals surface area contributed by atoms with Crippen molar-refractivity contribution in [3.63, 3.8) is 0 Å². The van der Waals surface area contributed by atoms with Crippen molar-refractivity contribution in [3.05, 3.63) is 0 Å². The number of hydrogen-bond donors (Lipinski definition) is 0. The molecule has 0 radical (unpaired) electrons. The molecule has 3 aliphatic rings. The Morgan fingerprint density at radius 2 is 1.83 bits per heavy atom. The first kappa shape index (κ1) is 11.5. The van der Waals surface area contributed by atoms with E-state index in [9.17, 15) is 14.4 Å². The number of urea groups is 1. The molecule has 0 N–H and O–H groups in total. The van der Waals surface area contributed by atoms with Crippen LogP contribution in [0.4, 0.5) is 4.79 Å². The summed E-state index contributed by atoms with van der Waals surface area (Å²) in [5.74, 6) is -0.341. The molecule has 98 valence electrons. The number of imide groups is 1. The Kier molecular flexibility index (Phi) is 2.72. The van der Waals surface area contributed by atoms with Crippen molar-refractivity contribution in [2.75, 3.05) is 26.2 Å². The Hall–Kier alpha value is -1.59. The highest BCUT2D eigenvalue weighted by atomic mass is 16.2. The zero-order valence-corrected chi connectivity index (χ0v) is 10.3. The van der Waals surface area contributed by atoms with E-state index in [1.165, 1.54) is 0 Å². The molecule has 1 aliphatic carbocycles. The molecule has 0 spiro atoms. The Labute approximate surface area is 106 Å². The zero-order valence-electron chi connectivity index (χ0n) is 10.3. The van der Waals surface area contributed by atoms with E-state index in [-0.39, 0.29) is 37.0 Å². The average Bonchev–Trinajstić information content (AvgIpc) is 2.96. The van der Waals surface area contributed by atoms with Gasteiger partial charge in [-0.05, 0) is 25.7 Å². The highest BCUT2D eigenvalue weighted by molar-refractivity contribution is 6.04. The summed E-state index contributed by atoms with van der Waals surface area (Å²) in [5.41, 5.74) is 0. The van der Waals surface area contributed by atoms with Gasteiger partial charge in [0.1, 0.15) is 13.1 Å². The Bertz CT molecular complexity index is 399. The third kappa shape index (κ3) is 1.95. The lowest BCUT2D eigenvalue weighted by atomic mass is 10.4. The van der Waals surface area contributed by atoms with Crippen molar-refractivity contribution in [2.24, 2.45) is 0 Å². The predicted molar refractivity (Wildman–Crippen MR) is 62.7 cm³/mol. The smallest absolute Gasteiger partial charge is 0.327 e. The highest BCUT2D eigenvalue weighted by Crippen LogP contribution is 2.30. The van der Waals surface area contributed by atoms with Crippen LogP contribution in [0.5, 0.6) is 0 Å². The summed E-state index contributed by atoms with van der Waals surface area (Å²) in [6.07, 6.45) is 3.99. The molecule has 0 bridgehead atoms. The van der Waals surface area contributed by atoms with Gasteiger partial charge in [-0.15, -0.1) is 0 Å². The van der Waals surface area contributed by atoms with Crippen LogP contribution in [-0.4, -0.2) is 64.8 Å². The van der Waals surface area contributed by atoms with Crippen molar-refractivity contribution in [2.45, 2.75) is 31.7 Å². The highest BCUT2D eigenvalue weighted by Gasteiger charge is 2.44. The number of carbonyl (C=O) groups excluding carboxylic acids is 3. The summed E-state index contributed by atoms with van der Waals surface area (Å²) in [4.78, 5) is 40.2. The van der Waals surface area contributed by atoms with Gasteiger partial charge < -0.3 is 9.80 Å². The van der Waals surface area contributed by atoms with Crippen molar-refractivity contribution < 1.29 is 14.4 Å². The van der Waals surface area contributed by atoms with Gasteiger partial charge in [-0.2, -0.15) is 0 Å². The largest absolute Gasteiger partial charge is 0.341 e. The van der Waals surface area contributed by atoms with Gasteiger partial charge in [-0.25, -0.2) is 4.79 Å². The number of amides is 4. The fourth-order valence-corrected chi connectivity index (χ4v) is 2.59. The third-order valence-electron chi connectivity index (χ3n) is 3.82. The second kappa shape index (κ2) is 4.26. The number of nitrogens with zero attached hydrogens (tertiary/aromatic N) is 3. The third-order valence-corrected chi connectivity index (χ3v) is 3.82. The summed E-state index contributed by atoms with van der Waals surface area (Å²) in [6.45, 7) is 1.57. The first-order valence-electron chi connectivity index (χ1n) is 6.55. The molecular weight excluding hydrogens is 234 g/mol. The molecule has 2 heterocycles. The number of hydrogen-bond acceptors (Lipinski definition) is 3. The fourth-order valence-electron chi connectivity index (χ4n) is 2.59. The van der Waals surface area contributed by atoms with Gasteiger partial charge in [0.15, 0.2) is 0 Å². The Morgan fingerprint density at radius 3 is 2.44 bits per heavy atom. The Balaban J connectivity index is 1.62. The molecule has 6 heteroatoms. The van der Waals surface area contributed by atoms with Gasteiger partial charge in [-0.1, -0.05) is 0 Å². The van der Waals surface area contributed by atoms with Gasteiger partial charge in [0.05, 0.1) is 0 Å². The molecule has 0 aromatic heterocycles. The minimum Gasteiger partial charge on any atom is -0.341 e. The van der Waals surface area contributed by atoms with E-state index >= 15 is 0 Å². The minimum absolute atomic E-state index is 0.0825. The fraction of sp³-hybridized carbons (Fsp3) is 0.750. The van der Waals surface area contributed by atoms with E-state index in [4.69, 9.17) is 0 Å². The molecule has 3 fully saturated rings. The lowest BCUT2D eigenvalue weighted by Crippen LogP contribution is -2.42. The van der Waals surface area contributed by atoms with E-state index in [1.54, 1.807) is 9.80 Å². The van der Waals surface area contributed by atoms with Gasteiger partial charge in [0.2, 0.25) is 5.91 Å². The number of likely N-dealkylation sites (tertiary alicyclic amines) is 1. The summed E-state index contributed by atoms with van der Waals surface area (Å²) in [6, 6.07) is -0.0524. The van der Waals surface area contributed by atoms with E-state index in [1.807, 2.05) is 0 Å². The maximum absolute atomic E-state index is 12.0. The first-order chi connectivity index (χ1) is 8.66. The first-order valence-corrected chi connectivity index (χ1v) is 6.55. The Morgan fingerprint density at radius 1 is 1.17 bits per heavy atom. The minimum atomic E-state index is -0.282. The second-order valence-corrected chi connectivity index (χ2v) is 5.21. The molecule has 0 aromatic carbocycles. The molecule has 6 nitrogen and oxygen atoms in total. The topological polar surface area (TPSA) is 60.9 Å². The van der Waals surface area contributed by atoms with E-state index in [0.717, 1.165) is 43.7 Å². The van der Waals surface area contributed by atoms with Crippen LogP contribution in [0.1, 0.15) is 25.7 Å². The summed E-state index contributed by atoms with van der Waals surface area (Å²) < 4.78 is 0. The van der Waals surface area contributed by atoms with Crippen LogP contribution in [-0.2, 0) is 9.59 Å². The molecule has 18 heavy (non-hydrogen) atoms. The lowest BCUT2D eigenvalue weighted by Gasteiger charge is -2.20. The van der Waals surface area contributed by atoms with Crippen LogP contribution in [0.3, 0.4) is 0 Å². The molecule has 2 aliphatic heterocycles. The van der Waals surface area contributed by atoms with Crippen molar-refractivity contribution in [1.82, 2.24) is 14.7 Å². The quantitative estimate of drug-likeness (QED) is 0.665. The standard InChI is InChI=1S/C12H17N3O3/c16-10(13-5-1-2-6-13)7-15-11(17)8-14(12(15)18)9-3-4-9/h9H,1-8H2. The number of rotatable bonds is 3. The van der Waals surface area contributed by atoms with Gasteiger partial charge in [0.25, 0.3) is 5.91 Å². The molecule has 0 unspecified atom stereocenters. The van der Waals surface area contributed by atoms with Crippen LogP contribution in [0.15, 0.2) is 0 Å². The normalized spacial score (nSPS) is 24.3. The van der Waals surface area contributed by atoms with Gasteiger partial charge >= 0.3 is 6.03 Å². The van der Waals surface area contributed by atoms with E-state index in [2.05, 4.69) is 0 Å². The maximum Gasteiger partial charge on any atom is 0.327 e. The van der Waals surface area contributed by atoms with Crippen LogP contribution < -0.4 is 0 Å². The zero-order chi connectivity index (χ0) is 12.7. The van der Waals surface area contributed by atoms with Gasteiger partial charge in [-0.3, -0.25) is 14.5 Å². The van der Waals surface area contributed by atoms with Crippen molar-refractivity contribution >= 4 is 17.8 Å². The molecule has 0 aromatic rings. The summed E-state index contributed by atoms with van der Waals surface area (Å²) in [7, 11) is 0. The van der Waals surface area contributed by atoms with Crippen molar-refractivity contribution in [3.8, 4) is 0 Å². The lowest BCUT2D eigenvalue weighted by molar-refractivity contribution is -0.135. The molecular formula is C12H17N3O3. The van der Waals surface area contributed by atoms with E-state index in [0.29, 0.717) is 0 Å². The average molecular weight is 251 g/mol. The second-order valence-electron chi connectivity index (χ2n) is 5.21. The molecule has 2 saturated heterocycles. The predicted octanol–water partition coefficient (Wildman–Crippen LogP) is 0.0354. The molecule has 1 saturated carbocycles. The molecule has 4 amide bonds. The SMILES string of the molecule is O=C(CN1C(=O)CN(C2CC2)C1=O)N1CCCC1. The summed E-state index contributed by atoms with van der Waals surface area (Å²) in [5, 5.41) is 0. The monoisotopic (exact) mass is 251 g/mol. The van der Waals surface area contributed by atoms with Gasteiger partial charge in [0, 0.05) is 19.1 Å². The maximum atomic E-state index is 12.0. The van der Waals surface area contributed by atoms with E-state index < -0.39 is 0 Å².